The molecule has 0 bridgehead atoms. The number of carbonyl (C=O) groups is 1. The molecule has 1 aromatic carbocycles. The lowest BCUT2D eigenvalue weighted by Crippen LogP contribution is -2.30. The second-order valence-corrected chi connectivity index (χ2v) is 5.94. The van der Waals surface area contributed by atoms with Gasteiger partial charge in [0.2, 0.25) is 0 Å². The van der Waals surface area contributed by atoms with E-state index in [-0.39, 0.29) is 16.1 Å². The largest absolute Gasteiger partial charge is 0.398 e. The van der Waals surface area contributed by atoms with Crippen molar-refractivity contribution in [3.8, 4) is 0 Å². The van der Waals surface area contributed by atoms with Gasteiger partial charge >= 0.3 is 0 Å². The highest BCUT2D eigenvalue weighted by atomic mass is 32.2. The Bertz CT molecular complexity index is 663. The number of anilines is 1. The standard InChI is InChI=1S/C11H10N2O3S2/c12-10-4-2-1-3-9(10)11(14)13-18(15,16)8-5-6-17-7-8/h1-7H,12H2,(H,13,14). The Hall–Kier alpha value is -1.86. The van der Waals surface area contributed by atoms with Crippen LogP contribution in [0.3, 0.4) is 0 Å². The summed E-state index contributed by atoms with van der Waals surface area (Å²) in [6.07, 6.45) is 0. The van der Waals surface area contributed by atoms with E-state index in [0.29, 0.717) is 0 Å². The number of amides is 1. The number of hydrogen-bond acceptors (Lipinski definition) is 5. The van der Waals surface area contributed by atoms with Crippen molar-refractivity contribution in [1.29, 1.82) is 0 Å². The Balaban J connectivity index is 2.26. The van der Waals surface area contributed by atoms with Gasteiger partial charge in [-0.3, -0.25) is 4.79 Å². The third-order valence-corrected chi connectivity index (χ3v) is 4.40. The minimum atomic E-state index is -3.83. The number of rotatable bonds is 3. The van der Waals surface area contributed by atoms with E-state index in [4.69, 9.17) is 5.73 Å². The van der Waals surface area contributed by atoms with Gasteiger partial charge in [0.1, 0.15) is 0 Å². The van der Waals surface area contributed by atoms with Crippen LogP contribution in [0, 0.1) is 0 Å². The molecule has 0 atom stereocenters. The molecular weight excluding hydrogens is 272 g/mol. The summed E-state index contributed by atoms with van der Waals surface area (Å²) in [5.41, 5.74) is 5.97. The van der Waals surface area contributed by atoms with E-state index in [0.717, 1.165) is 0 Å². The number of sulfonamides is 1. The molecule has 0 unspecified atom stereocenters. The number of hydrogen-bond donors (Lipinski definition) is 2. The third kappa shape index (κ3) is 2.52. The summed E-state index contributed by atoms with van der Waals surface area (Å²) in [6, 6.07) is 7.70. The van der Waals surface area contributed by atoms with Crippen LogP contribution in [0.25, 0.3) is 0 Å². The van der Waals surface area contributed by atoms with Gasteiger partial charge in [0.25, 0.3) is 15.9 Å². The predicted molar refractivity (Wildman–Crippen MR) is 69.8 cm³/mol. The first-order chi connectivity index (χ1) is 8.50. The lowest BCUT2D eigenvalue weighted by Gasteiger charge is -2.07. The number of benzene rings is 1. The average Bonchev–Trinajstić information content (AvgIpc) is 2.82. The molecule has 2 aromatic rings. The first kappa shape index (κ1) is 12.6. The van der Waals surface area contributed by atoms with Gasteiger partial charge in [0.15, 0.2) is 0 Å². The molecule has 7 heteroatoms. The summed E-state index contributed by atoms with van der Waals surface area (Å²) in [4.78, 5) is 11.9. The molecule has 0 aliphatic heterocycles. The fraction of sp³-hybridized carbons (Fsp3) is 0. The van der Waals surface area contributed by atoms with Gasteiger partial charge in [-0.1, -0.05) is 12.1 Å². The van der Waals surface area contributed by atoms with Crippen molar-refractivity contribution in [3.63, 3.8) is 0 Å². The Morgan fingerprint density at radius 2 is 1.94 bits per heavy atom. The number of nitrogens with one attached hydrogen (secondary N) is 1. The normalized spacial score (nSPS) is 11.1. The highest BCUT2D eigenvalue weighted by Gasteiger charge is 2.19. The number of thiophene rings is 1. The lowest BCUT2D eigenvalue weighted by atomic mass is 10.2. The Labute approximate surface area is 108 Å². The van der Waals surface area contributed by atoms with E-state index in [1.54, 1.807) is 17.5 Å². The van der Waals surface area contributed by atoms with Crippen molar-refractivity contribution < 1.29 is 13.2 Å². The van der Waals surface area contributed by atoms with Crippen molar-refractivity contribution in [2.24, 2.45) is 0 Å². The molecule has 0 fully saturated rings. The van der Waals surface area contributed by atoms with E-state index in [1.807, 2.05) is 4.72 Å². The van der Waals surface area contributed by atoms with E-state index >= 15 is 0 Å². The maximum Gasteiger partial charge on any atom is 0.267 e. The van der Waals surface area contributed by atoms with Crippen molar-refractivity contribution in [2.45, 2.75) is 4.90 Å². The second-order valence-electron chi connectivity index (χ2n) is 3.48. The minimum absolute atomic E-state index is 0.0651. The van der Waals surface area contributed by atoms with Crippen LogP contribution in [-0.2, 0) is 10.0 Å². The average molecular weight is 282 g/mol. The fourth-order valence-electron chi connectivity index (χ4n) is 1.34. The first-order valence-corrected chi connectivity index (χ1v) is 7.37. The summed E-state index contributed by atoms with van der Waals surface area (Å²) in [5, 5.41) is 3.07. The zero-order valence-corrected chi connectivity index (χ0v) is 10.8. The summed E-state index contributed by atoms with van der Waals surface area (Å²) in [5.74, 6) is -0.737. The van der Waals surface area contributed by atoms with Crippen LogP contribution < -0.4 is 10.5 Å². The third-order valence-electron chi connectivity index (χ3n) is 2.24. The molecule has 1 aromatic heterocycles. The van der Waals surface area contributed by atoms with Gasteiger partial charge in [0, 0.05) is 11.1 Å². The van der Waals surface area contributed by atoms with Crippen LogP contribution in [0.15, 0.2) is 46.0 Å². The van der Waals surface area contributed by atoms with Crippen LogP contribution in [-0.4, -0.2) is 14.3 Å². The van der Waals surface area contributed by atoms with Crippen molar-refractivity contribution in [2.75, 3.05) is 5.73 Å². The molecular formula is C11H10N2O3S2. The predicted octanol–water partition coefficient (Wildman–Crippen LogP) is 1.45. The zero-order chi connectivity index (χ0) is 13.2. The molecule has 3 N–H and O–H groups in total. The molecule has 0 saturated heterocycles. The van der Waals surface area contributed by atoms with Crippen LogP contribution in [0.1, 0.15) is 10.4 Å². The Morgan fingerprint density at radius 1 is 1.22 bits per heavy atom. The quantitative estimate of drug-likeness (QED) is 0.834. The fourth-order valence-corrected chi connectivity index (χ4v) is 3.34. The topological polar surface area (TPSA) is 89.3 Å². The summed E-state index contributed by atoms with van der Waals surface area (Å²) in [7, 11) is -3.83. The Kier molecular flexibility index (Phi) is 3.35. The molecule has 94 valence electrons. The molecule has 0 aliphatic rings. The van der Waals surface area contributed by atoms with Crippen molar-refractivity contribution in [3.05, 3.63) is 46.7 Å². The van der Waals surface area contributed by atoms with Crippen LogP contribution in [0.5, 0.6) is 0 Å². The van der Waals surface area contributed by atoms with Gasteiger partial charge < -0.3 is 5.73 Å². The number of para-hydroxylation sites is 1. The molecule has 2 rings (SSSR count). The number of nitrogen functional groups attached to an aromatic ring is 1. The smallest absolute Gasteiger partial charge is 0.267 e. The van der Waals surface area contributed by atoms with Gasteiger partial charge in [-0.25, -0.2) is 13.1 Å². The molecule has 1 amide bonds. The second kappa shape index (κ2) is 4.79. The van der Waals surface area contributed by atoms with Crippen LogP contribution >= 0.6 is 11.3 Å². The first-order valence-electron chi connectivity index (χ1n) is 4.94. The highest BCUT2D eigenvalue weighted by Crippen LogP contribution is 2.15. The lowest BCUT2D eigenvalue weighted by molar-refractivity contribution is 0.0982. The van der Waals surface area contributed by atoms with Crippen molar-refractivity contribution >= 4 is 33.0 Å². The van der Waals surface area contributed by atoms with E-state index in [9.17, 15) is 13.2 Å². The molecule has 0 radical (unpaired) electrons. The maximum atomic E-state index is 11.8. The molecule has 0 spiro atoms. The van der Waals surface area contributed by atoms with Gasteiger partial charge in [0.05, 0.1) is 10.5 Å². The van der Waals surface area contributed by atoms with Crippen LogP contribution in [0.2, 0.25) is 0 Å². The molecule has 0 saturated carbocycles. The molecule has 0 aliphatic carbocycles. The molecule has 1 heterocycles. The van der Waals surface area contributed by atoms with Gasteiger partial charge in [-0.05, 0) is 23.6 Å². The molecule has 18 heavy (non-hydrogen) atoms. The summed E-state index contributed by atoms with van der Waals surface area (Å²) >= 11 is 1.24. The zero-order valence-electron chi connectivity index (χ0n) is 9.16. The van der Waals surface area contributed by atoms with E-state index < -0.39 is 15.9 Å². The van der Waals surface area contributed by atoms with E-state index in [1.165, 1.54) is 34.9 Å². The maximum absolute atomic E-state index is 11.8. The monoisotopic (exact) mass is 282 g/mol. The summed E-state index contributed by atoms with van der Waals surface area (Å²) in [6.45, 7) is 0. The van der Waals surface area contributed by atoms with Crippen LogP contribution in [0.4, 0.5) is 5.69 Å². The van der Waals surface area contributed by atoms with Crippen molar-refractivity contribution in [1.82, 2.24) is 4.72 Å². The number of nitrogens with two attached hydrogens (primary N) is 1. The van der Waals surface area contributed by atoms with E-state index in [2.05, 4.69) is 0 Å². The molecule has 5 nitrogen and oxygen atoms in total. The highest BCUT2D eigenvalue weighted by molar-refractivity contribution is 7.90. The SMILES string of the molecule is Nc1ccccc1C(=O)NS(=O)(=O)c1ccsc1. The minimum Gasteiger partial charge on any atom is -0.398 e. The number of carbonyl (C=O) groups excluding carboxylic acids is 1. The van der Waals surface area contributed by atoms with Gasteiger partial charge in [-0.2, -0.15) is 11.3 Å². The Morgan fingerprint density at radius 3 is 2.56 bits per heavy atom. The van der Waals surface area contributed by atoms with Gasteiger partial charge in [-0.15, -0.1) is 0 Å². The summed E-state index contributed by atoms with van der Waals surface area (Å²) < 4.78 is 25.6.